The number of methoxy groups -OCH3 is 1. The first-order chi connectivity index (χ1) is 14.0. The molecule has 0 fully saturated rings. The molecule has 5 nitrogen and oxygen atoms in total. The van der Waals surface area contributed by atoms with Crippen LogP contribution >= 0.6 is 11.3 Å². The molecule has 0 spiro atoms. The number of hydrogen-bond acceptors (Lipinski definition) is 5. The fourth-order valence-corrected chi connectivity index (χ4v) is 4.38. The van der Waals surface area contributed by atoms with Gasteiger partial charge in [0.2, 0.25) is 17.2 Å². The van der Waals surface area contributed by atoms with E-state index in [0.29, 0.717) is 33.6 Å². The molecule has 0 aliphatic carbocycles. The molecule has 1 N–H and O–H groups in total. The number of nitrogens with one attached hydrogen (secondary N) is 1. The van der Waals surface area contributed by atoms with E-state index in [0.717, 1.165) is 10.1 Å². The predicted octanol–water partition coefficient (Wildman–Crippen LogP) is 5.67. The van der Waals surface area contributed by atoms with Crippen molar-refractivity contribution in [2.24, 2.45) is 5.92 Å². The van der Waals surface area contributed by atoms with E-state index in [-0.39, 0.29) is 23.1 Å². The second-order valence-corrected chi connectivity index (χ2v) is 8.32. The van der Waals surface area contributed by atoms with Crippen molar-refractivity contribution < 1.29 is 13.9 Å². The Morgan fingerprint density at radius 2 is 1.86 bits per heavy atom. The van der Waals surface area contributed by atoms with Gasteiger partial charge >= 0.3 is 0 Å². The lowest BCUT2D eigenvalue weighted by Crippen LogP contribution is -2.17. The van der Waals surface area contributed by atoms with Crippen LogP contribution in [-0.2, 0) is 4.79 Å². The molecule has 2 aromatic carbocycles. The summed E-state index contributed by atoms with van der Waals surface area (Å²) in [5.74, 6) is 0.877. The summed E-state index contributed by atoms with van der Waals surface area (Å²) in [7, 11) is 1.59. The van der Waals surface area contributed by atoms with Crippen molar-refractivity contribution in [2.45, 2.75) is 20.3 Å². The highest BCUT2D eigenvalue weighted by Gasteiger charge is 2.21. The Morgan fingerprint density at radius 1 is 1.14 bits per heavy atom. The normalized spacial score (nSPS) is 11.3. The topological polar surface area (TPSA) is 68.5 Å². The van der Waals surface area contributed by atoms with E-state index < -0.39 is 0 Å². The Balaban J connectivity index is 1.96. The maximum absolute atomic E-state index is 13.4. The van der Waals surface area contributed by atoms with Crippen molar-refractivity contribution in [1.29, 1.82) is 0 Å². The number of carbonyl (C=O) groups is 1. The average Bonchev–Trinajstić information content (AvgIpc) is 3.07. The number of rotatable bonds is 5. The highest BCUT2D eigenvalue weighted by Crippen LogP contribution is 2.37. The van der Waals surface area contributed by atoms with Gasteiger partial charge in [-0.3, -0.25) is 14.9 Å². The van der Waals surface area contributed by atoms with Gasteiger partial charge in [0.15, 0.2) is 5.58 Å². The maximum Gasteiger partial charge on any atom is 0.226 e. The number of thiophene rings is 1. The van der Waals surface area contributed by atoms with E-state index in [4.69, 9.17) is 9.15 Å². The quantitative estimate of drug-likeness (QED) is 0.463. The van der Waals surface area contributed by atoms with Gasteiger partial charge in [0.1, 0.15) is 10.4 Å². The van der Waals surface area contributed by atoms with Crippen LogP contribution in [0.4, 0.5) is 5.88 Å². The van der Waals surface area contributed by atoms with Crippen LogP contribution in [0.3, 0.4) is 0 Å². The summed E-state index contributed by atoms with van der Waals surface area (Å²) in [5.41, 5.74) is 1.37. The summed E-state index contributed by atoms with van der Waals surface area (Å²) in [6.07, 6.45) is 0.341. The highest BCUT2D eigenvalue weighted by atomic mass is 32.1. The van der Waals surface area contributed by atoms with Gasteiger partial charge < -0.3 is 9.15 Å². The van der Waals surface area contributed by atoms with Gasteiger partial charge in [-0.15, -0.1) is 11.3 Å². The smallest absolute Gasteiger partial charge is 0.226 e. The number of amides is 1. The Kier molecular flexibility index (Phi) is 5.11. The molecule has 4 aromatic rings. The van der Waals surface area contributed by atoms with Gasteiger partial charge in [0.05, 0.1) is 12.7 Å². The van der Waals surface area contributed by atoms with Crippen molar-refractivity contribution in [3.63, 3.8) is 0 Å². The minimum Gasteiger partial charge on any atom is -0.497 e. The summed E-state index contributed by atoms with van der Waals surface area (Å²) in [4.78, 5) is 25.9. The molecule has 0 bridgehead atoms. The van der Waals surface area contributed by atoms with Crippen LogP contribution in [0.2, 0.25) is 0 Å². The second kappa shape index (κ2) is 7.72. The summed E-state index contributed by atoms with van der Waals surface area (Å²) >= 11 is 1.40. The van der Waals surface area contributed by atoms with Gasteiger partial charge in [-0.1, -0.05) is 38.1 Å². The monoisotopic (exact) mass is 407 g/mol. The Labute approximate surface area is 171 Å². The van der Waals surface area contributed by atoms with Crippen molar-refractivity contribution in [3.05, 3.63) is 58.8 Å². The molecule has 6 heteroatoms. The first kappa shape index (κ1) is 19.2. The largest absolute Gasteiger partial charge is 0.497 e. The van der Waals surface area contributed by atoms with Crippen LogP contribution < -0.4 is 15.5 Å². The predicted molar refractivity (Wildman–Crippen MR) is 118 cm³/mol. The van der Waals surface area contributed by atoms with E-state index in [1.54, 1.807) is 31.4 Å². The van der Waals surface area contributed by atoms with E-state index in [2.05, 4.69) is 5.32 Å². The second-order valence-electron chi connectivity index (χ2n) is 7.27. The number of carbonyl (C=O) groups excluding carboxylic acids is 1. The number of anilines is 1. The van der Waals surface area contributed by atoms with Gasteiger partial charge in [-0.05, 0) is 35.7 Å². The van der Waals surface area contributed by atoms with Crippen molar-refractivity contribution >= 4 is 43.5 Å². The fourth-order valence-electron chi connectivity index (χ4n) is 3.30. The van der Waals surface area contributed by atoms with Crippen LogP contribution in [0.5, 0.6) is 5.75 Å². The standard InChI is InChI=1S/C23H21NO4S/c1-13(2)12-18(25)24-23-19(14-8-10-15(27-3)11-9-14)20(26)22-21(28-23)16-6-4-5-7-17(16)29-22/h4-11,13H,12H2,1-3H3,(H,24,25). The molecule has 0 atom stereocenters. The third-order valence-corrected chi connectivity index (χ3v) is 5.79. The van der Waals surface area contributed by atoms with E-state index >= 15 is 0 Å². The number of ether oxygens (including phenoxy) is 1. The molecule has 0 saturated heterocycles. The molecule has 148 valence electrons. The number of hydrogen-bond donors (Lipinski definition) is 1. The maximum atomic E-state index is 13.4. The number of fused-ring (bicyclic) bond motifs is 3. The van der Waals surface area contributed by atoms with Gasteiger partial charge in [0.25, 0.3) is 0 Å². The zero-order valence-electron chi connectivity index (χ0n) is 16.4. The van der Waals surface area contributed by atoms with Crippen molar-refractivity contribution in [1.82, 2.24) is 0 Å². The van der Waals surface area contributed by atoms with Crippen molar-refractivity contribution in [2.75, 3.05) is 12.4 Å². The third kappa shape index (κ3) is 3.63. The summed E-state index contributed by atoms with van der Waals surface area (Å²) in [5, 5.41) is 3.69. The first-order valence-corrected chi connectivity index (χ1v) is 10.2. The van der Waals surface area contributed by atoms with E-state index in [1.165, 1.54) is 11.3 Å². The molecule has 0 aliphatic heterocycles. The lowest BCUT2D eigenvalue weighted by molar-refractivity contribution is -0.116. The molecule has 29 heavy (non-hydrogen) atoms. The Bertz CT molecular complexity index is 1250. The summed E-state index contributed by atoms with van der Waals surface area (Å²) < 4.78 is 12.9. The van der Waals surface area contributed by atoms with Crippen LogP contribution in [0.15, 0.2) is 57.7 Å². The fraction of sp³-hybridized carbons (Fsp3) is 0.217. The molecule has 0 aliphatic rings. The van der Waals surface area contributed by atoms with Gasteiger partial charge in [-0.2, -0.15) is 0 Å². The SMILES string of the molecule is COc1ccc(-c2c(NC(=O)CC(C)C)oc3c(sc4ccccc43)c2=O)cc1. The third-order valence-electron chi connectivity index (χ3n) is 4.64. The molecule has 1 amide bonds. The first-order valence-electron chi connectivity index (χ1n) is 9.40. The Morgan fingerprint density at radius 3 is 2.55 bits per heavy atom. The molecule has 0 unspecified atom stereocenters. The minimum atomic E-state index is -0.184. The van der Waals surface area contributed by atoms with Crippen LogP contribution in [0.1, 0.15) is 20.3 Å². The molecule has 2 aromatic heterocycles. The lowest BCUT2D eigenvalue weighted by Gasteiger charge is -2.11. The van der Waals surface area contributed by atoms with Crippen LogP contribution in [0, 0.1) is 5.92 Å². The molecule has 2 heterocycles. The van der Waals surface area contributed by atoms with Gasteiger partial charge in [0, 0.05) is 16.5 Å². The Hall–Kier alpha value is -3.12. The zero-order chi connectivity index (χ0) is 20.5. The highest BCUT2D eigenvalue weighted by molar-refractivity contribution is 7.25. The molecule has 0 radical (unpaired) electrons. The van der Waals surface area contributed by atoms with Crippen LogP contribution in [0.25, 0.3) is 31.5 Å². The average molecular weight is 407 g/mol. The number of benzene rings is 2. The van der Waals surface area contributed by atoms with E-state index in [9.17, 15) is 9.59 Å². The molecule has 4 rings (SSSR count). The van der Waals surface area contributed by atoms with Crippen molar-refractivity contribution in [3.8, 4) is 16.9 Å². The zero-order valence-corrected chi connectivity index (χ0v) is 17.3. The van der Waals surface area contributed by atoms with Gasteiger partial charge in [-0.25, -0.2) is 0 Å². The summed E-state index contributed by atoms with van der Waals surface area (Å²) in [6.45, 7) is 3.94. The van der Waals surface area contributed by atoms with E-state index in [1.807, 2.05) is 38.1 Å². The summed E-state index contributed by atoms with van der Waals surface area (Å²) in [6, 6.07) is 14.9. The molecular formula is C23H21NO4S. The van der Waals surface area contributed by atoms with Crippen LogP contribution in [-0.4, -0.2) is 13.0 Å². The minimum absolute atomic E-state index is 0.155. The molecular weight excluding hydrogens is 386 g/mol. The lowest BCUT2D eigenvalue weighted by atomic mass is 10.1. The molecule has 0 saturated carbocycles.